The topological polar surface area (TPSA) is 39.7 Å². The third-order valence-electron chi connectivity index (χ3n) is 3.73. The molecule has 2 aliphatic rings. The predicted molar refractivity (Wildman–Crippen MR) is 68.0 cm³/mol. The highest BCUT2D eigenvalue weighted by Gasteiger charge is 2.28. The number of fused-ring (bicyclic) bond motifs is 1. The summed E-state index contributed by atoms with van der Waals surface area (Å²) < 4.78 is 0. The highest BCUT2D eigenvalue weighted by molar-refractivity contribution is 5.75. The van der Waals surface area contributed by atoms with E-state index in [-0.39, 0.29) is 6.03 Å². The fraction of sp³-hybridized carbons (Fsp3) is 0.538. The molecule has 2 aliphatic heterocycles. The van der Waals surface area contributed by atoms with E-state index in [9.17, 15) is 4.79 Å². The molecule has 2 amide bonds. The molecular formula is C13H18N4O. The van der Waals surface area contributed by atoms with Gasteiger partial charge in [-0.3, -0.25) is 4.98 Å². The van der Waals surface area contributed by atoms with E-state index in [0.717, 1.165) is 31.9 Å². The van der Waals surface area contributed by atoms with Gasteiger partial charge in [-0.2, -0.15) is 0 Å². The van der Waals surface area contributed by atoms with E-state index in [0.29, 0.717) is 13.1 Å². The monoisotopic (exact) mass is 246 g/mol. The Morgan fingerprint density at radius 3 is 2.67 bits per heavy atom. The molecule has 1 saturated heterocycles. The van der Waals surface area contributed by atoms with Crippen LogP contribution in [0.5, 0.6) is 0 Å². The molecule has 0 bridgehead atoms. The number of aromatic nitrogens is 1. The van der Waals surface area contributed by atoms with Crippen molar-refractivity contribution >= 4 is 6.03 Å². The molecule has 96 valence electrons. The van der Waals surface area contributed by atoms with Gasteiger partial charge in [0.25, 0.3) is 0 Å². The molecule has 0 unspecified atom stereocenters. The Bertz CT molecular complexity index is 429. The molecule has 0 aliphatic carbocycles. The number of hydrogen-bond acceptors (Lipinski definition) is 3. The van der Waals surface area contributed by atoms with Crippen LogP contribution in [0.2, 0.25) is 0 Å². The van der Waals surface area contributed by atoms with Gasteiger partial charge < -0.3 is 14.7 Å². The largest absolute Gasteiger partial charge is 0.322 e. The number of likely N-dealkylation sites (N-methyl/N-ethyl adjacent to an activating group) is 1. The van der Waals surface area contributed by atoms with Crippen LogP contribution in [-0.4, -0.2) is 58.9 Å². The first-order valence-corrected chi connectivity index (χ1v) is 6.39. The molecule has 0 atom stereocenters. The van der Waals surface area contributed by atoms with E-state index >= 15 is 0 Å². The predicted octanol–water partition coefficient (Wildman–Crippen LogP) is 0.765. The molecule has 5 heteroatoms. The Balaban J connectivity index is 1.65. The molecule has 0 N–H and O–H groups in total. The smallest absolute Gasteiger partial charge is 0.320 e. The molecule has 3 heterocycles. The van der Waals surface area contributed by atoms with Crippen LogP contribution in [0.1, 0.15) is 11.3 Å². The van der Waals surface area contributed by atoms with E-state index < -0.39 is 0 Å². The first-order valence-electron chi connectivity index (χ1n) is 6.39. The number of nitrogens with zero attached hydrogens (tertiary/aromatic N) is 4. The van der Waals surface area contributed by atoms with Crippen LogP contribution in [0.3, 0.4) is 0 Å². The molecule has 3 rings (SSSR count). The van der Waals surface area contributed by atoms with Gasteiger partial charge in [-0.05, 0) is 18.7 Å². The molecule has 1 aromatic rings. The van der Waals surface area contributed by atoms with E-state index in [2.05, 4.69) is 23.0 Å². The van der Waals surface area contributed by atoms with Crippen molar-refractivity contribution in [2.45, 2.75) is 13.1 Å². The first-order chi connectivity index (χ1) is 8.74. The minimum absolute atomic E-state index is 0.154. The second kappa shape index (κ2) is 4.57. The average molecular weight is 246 g/mol. The third-order valence-corrected chi connectivity index (χ3v) is 3.73. The number of pyridine rings is 1. The Morgan fingerprint density at radius 1 is 1.17 bits per heavy atom. The van der Waals surface area contributed by atoms with Crippen molar-refractivity contribution < 1.29 is 4.79 Å². The molecule has 5 nitrogen and oxygen atoms in total. The normalized spacial score (nSPS) is 20.1. The molecule has 0 saturated carbocycles. The minimum Gasteiger partial charge on any atom is -0.322 e. The van der Waals surface area contributed by atoms with Crippen molar-refractivity contribution in [3.8, 4) is 0 Å². The zero-order chi connectivity index (χ0) is 12.5. The second-order valence-electron chi connectivity index (χ2n) is 5.04. The fourth-order valence-corrected chi connectivity index (χ4v) is 2.53. The number of hydrogen-bond donors (Lipinski definition) is 0. The summed E-state index contributed by atoms with van der Waals surface area (Å²) in [4.78, 5) is 22.8. The van der Waals surface area contributed by atoms with E-state index in [1.165, 1.54) is 5.56 Å². The molecule has 18 heavy (non-hydrogen) atoms. The summed E-state index contributed by atoms with van der Waals surface area (Å²) in [5.41, 5.74) is 2.22. The minimum atomic E-state index is 0.154. The number of piperazine rings is 1. The standard InChI is InChI=1S/C13H18N4O/c1-15-5-7-16(8-6-15)13(18)17-9-11-3-2-4-14-12(11)10-17/h2-4H,5-10H2,1H3. The quantitative estimate of drug-likeness (QED) is 0.678. The number of amides is 2. The summed E-state index contributed by atoms with van der Waals surface area (Å²) in [5, 5.41) is 0. The van der Waals surface area contributed by atoms with Crippen molar-refractivity contribution in [1.29, 1.82) is 0 Å². The number of carbonyl (C=O) groups is 1. The van der Waals surface area contributed by atoms with Gasteiger partial charge in [0, 0.05) is 38.9 Å². The summed E-state index contributed by atoms with van der Waals surface area (Å²) in [6.45, 7) is 4.94. The van der Waals surface area contributed by atoms with Gasteiger partial charge in [0.1, 0.15) is 0 Å². The van der Waals surface area contributed by atoms with Crippen molar-refractivity contribution in [2.24, 2.45) is 0 Å². The van der Waals surface area contributed by atoms with E-state index in [1.807, 2.05) is 15.9 Å². The zero-order valence-electron chi connectivity index (χ0n) is 10.7. The zero-order valence-corrected chi connectivity index (χ0v) is 10.7. The molecule has 0 radical (unpaired) electrons. The van der Waals surface area contributed by atoms with Crippen LogP contribution in [0.4, 0.5) is 4.79 Å². The Kier molecular flexibility index (Phi) is 2.91. The van der Waals surface area contributed by atoms with Gasteiger partial charge in [-0.1, -0.05) is 6.07 Å². The van der Waals surface area contributed by atoms with Crippen molar-refractivity contribution in [2.75, 3.05) is 33.2 Å². The second-order valence-corrected chi connectivity index (χ2v) is 5.04. The fourth-order valence-electron chi connectivity index (χ4n) is 2.53. The maximum Gasteiger partial charge on any atom is 0.320 e. The van der Waals surface area contributed by atoms with Crippen molar-refractivity contribution in [1.82, 2.24) is 19.7 Å². The van der Waals surface area contributed by atoms with E-state index in [1.54, 1.807) is 6.20 Å². The lowest BCUT2D eigenvalue weighted by molar-refractivity contribution is 0.121. The lowest BCUT2D eigenvalue weighted by Gasteiger charge is -2.34. The van der Waals surface area contributed by atoms with Crippen LogP contribution < -0.4 is 0 Å². The Hall–Kier alpha value is -1.62. The lowest BCUT2D eigenvalue weighted by atomic mass is 10.2. The van der Waals surface area contributed by atoms with Gasteiger partial charge in [0.15, 0.2) is 0 Å². The molecular weight excluding hydrogens is 228 g/mol. The summed E-state index contributed by atoms with van der Waals surface area (Å²) >= 11 is 0. The molecule has 1 aromatic heterocycles. The van der Waals surface area contributed by atoms with Crippen LogP contribution in [0.15, 0.2) is 18.3 Å². The highest BCUT2D eigenvalue weighted by Crippen LogP contribution is 2.21. The summed E-state index contributed by atoms with van der Waals surface area (Å²) in [6, 6.07) is 4.14. The molecule has 1 fully saturated rings. The summed E-state index contributed by atoms with van der Waals surface area (Å²) in [5.74, 6) is 0. The van der Waals surface area contributed by atoms with E-state index in [4.69, 9.17) is 0 Å². The van der Waals surface area contributed by atoms with Crippen molar-refractivity contribution in [3.63, 3.8) is 0 Å². The maximum atomic E-state index is 12.4. The third kappa shape index (κ3) is 2.06. The Morgan fingerprint density at radius 2 is 1.94 bits per heavy atom. The SMILES string of the molecule is CN1CCN(C(=O)N2Cc3cccnc3C2)CC1. The molecule has 0 spiro atoms. The van der Waals surface area contributed by atoms with Gasteiger partial charge >= 0.3 is 6.03 Å². The summed E-state index contributed by atoms with van der Waals surface area (Å²) in [7, 11) is 2.09. The van der Waals surface area contributed by atoms with Crippen LogP contribution in [0, 0.1) is 0 Å². The van der Waals surface area contributed by atoms with Gasteiger partial charge in [0.05, 0.1) is 12.2 Å². The first kappa shape index (κ1) is 11.5. The van der Waals surface area contributed by atoms with Gasteiger partial charge in [-0.15, -0.1) is 0 Å². The van der Waals surface area contributed by atoms with Crippen LogP contribution in [0.25, 0.3) is 0 Å². The van der Waals surface area contributed by atoms with Gasteiger partial charge in [0.2, 0.25) is 0 Å². The summed E-state index contributed by atoms with van der Waals surface area (Å²) in [6.07, 6.45) is 1.79. The van der Waals surface area contributed by atoms with Crippen LogP contribution in [-0.2, 0) is 13.1 Å². The Labute approximate surface area is 107 Å². The number of rotatable bonds is 0. The number of carbonyl (C=O) groups excluding carboxylic acids is 1. The maximum absolute atomic E-state index is 12.4. The van der Waals surface area contributed by atoms with Gasteiger partial charge in [-0.25, -0.2) is 4.79 Å². The van der Waals surface area contributed by atoms with Crippen LogP contribution >= 0.6 is 0 Å². The number of urea groups is 1. The lowest BCUT2D eigenvalue weighted by Crippen LogP contribution is -2.50. The van der Waals surface area contributed by atoms with Crippen molar-refractivity contribution in [3.05, 3.63) is 29.6 Å². The average Bonchev–Trinajstić information content (AvgIpc) is 2.82. The highest BCUT2D eigenvalue weighted by atomic mass is 16.2. The molecule has 0 aromatic carbocycles.